The summed E-state index contributed by atoms with van der Waals surface area (Å²) in [4.78, 5) is 39.1. The lowest BCUT2D eigenvalue weighted by atomic mass is 10.1. The molecular weight excluding hydrogens is 464 g/mol. The second-order valence-corrected chi connectivity index (χ2v) is 8.99. The number of carbonyl (C=O) groups excluding carboxylic acids is 3. The molecule has 1 aromatic heterocycles. The Morgan fingerprint density at radius 2 is 1.88 bits per heavy atom. The Labute approximate surface area is 198 Å². The van der Waals surface area contributed by atoms with Crippen molar-refractivity contribution >= 4 is 35.2 Å². The Morgan fingerprint density at radius 3 is 2.59 bits per heavy atom. The first kappa shape index (κ1) is 23.5. The zero-order chi connectivity index (χ0) is 24.2. The highest BCUT2D eigenvalue weighted by Gasteiger charge is 2.36. The molecule has 3 N–H and O–H groups in total. The first-order chi connectivity index (χ1) is 16.3. The van der Waals surface area contributed by atoms with E-state index in [0.29, 0.717) is 17.3 Å². The van der Waals surface area contributed by atoms with Crippen molar-refractivity contribution < 1.29 is 27.6 Å². The normalized spacial score (nSPS) is 18.3. The summed E-state index contributed by atoms with van der Waals surface area (Å²) in [6, 6.07) is 9.87. The van der Waals surface area contributed by atoms with Crippen LogP contribution < -0.4 is 16.0 Å². The van der Waals surface area contributed by atoms with Crippen molar-refractivity contribution in [2.75, 3.05) is 5.32 Å². The molecule has 1 aliphatic heterocycles. The van der Waals surface area contributed by atoms with Crippen LogP contribution in [0, 0.1) is 11.6 Å². The van der Waals surface area contributed by atoms with Crippen LogP contribution in [-0.2, 0) is 20.8 Å². The lowest BCUT2D eigenvalue weighted by Crippen LogP contribution is -2.53. The van der Waals surface area contributed by atoms with Crippen molar-refractivity contribution in [3.8, 4) is 0 Å². The third kappa shape index (κ3) is 5.45. The van der Waals surface area contributed by atoms with Crippen molar-refractivity contribution in [3.05, 3.63) is 83.8 Å². The number of rotatable bonds is 6. The minimum Gasteiger partial charge on any atom is -0.472 e. The molecule has 2 heterocycles. The molecule has 10 heteroatoms. The number of hydrogen-bond acceptors (Lipinski definition) is 5. The van der Waals surface area contributed by atoms with Crippen molar-refractivity contribution in [1.29, 1.82) is 0 Å². The zero-order valence-electron chi connectivity index (χ0n) is 18.0. The number of amides is 3. The topological polar surface area (TPSA) is 100 Å². The highest BCUT2D eigenvalue weighted by atomic mass is 32.2. The minimum atomic E-state index is -1.00. The third-order valence-electron chi connectivity index (χ3n) is 5.21. The number of furan rings is 1. The van der Waals surface area contributed by atoms with Crippen LogP contribution in [0.15, 0.2) is 70.4 Å². The molecule has 7 nitrogen and oxygen atoms in total. The third-order valence-corrected chi connectivity index (χ3v) is 6.62. The highest BCUT2D eigenvalue weighted by molar-refractivity contribution is 7.99. The van der Waals surface area contributed by atoms with E-state index in [9.17, 15) is 23.2 Å². The predicted octanol–water partition coefficient (Wildman–Crippen LogP) is 3.58. The number of hydrogen-bond donors (Lipinski definition) is 3. The molecule has 0 radical (unpaired) electrons. The summed E-state index contributed by atoms with van der Waals surface area (Å²) < 4.78 is 31.9. The van der Waals surface area contributed by atoms with Gasteiger partial charge in [0.05, 0.1) is 29.9 Å². The van der Waals surface area contributed by atoms with E-state index in [2.05, 4.69) is 16.0 Å². The Balaban J connectivity index is 1.46. The van der Waals surface area contributed by atoms with Gasteiger partial charge in [0.15, 0.2) is 0 Å². The largest absolute Gasteiger partial charge is 0.472 e. The summed E-state index contributed by atoms with van der Waals surface area (Å²) in [5, 5.41) is 7.57. The maximum Gasteiger partial charge on any atom is 0.248 e. The van der Waals surface area contributed by atoms with E-state index >= 15 is 0 Å². The smallest absolute Gasteiger partial charge is 0.248 e. The molecule has 3 aromatic rings. The van der Waals surface area contributed by atoms with Gasteiger partial charge in [-0.15, -0.1) is 11.8 Å². The molecule has 0 spiro atoms. The van der Waals surface area contributed by atoms with Gasteiger partial charge in [0.1, 0.15) is 23.7 Å². The molecule has 0 fully saturated rings. The lowest BCUT2D eigenvalue weighted by Gasteiger charge is -2.25. The number of halogens is 2. The molecule has 0 aliphatic carbocycles. The lowest BCUT2D eigenvalue weighted by molar-refractivity contribution is -0.130. The standard InChI is InChI=1S/C24H21F2N3O4S/c1-13(27-20(30)10-14-8-16(25)11-17(26)9-14)23(31)29-21-22(15-6-7-33-12-15)34-19-5-3-2-4-18(19)28-24(21)32/h2-9,11-13,21-22H,10H2,1H3,(H,27,30)(H,28,32)(H,29,31)/t13-,21-,22-/m0/s1. The van der Waals surface area contributed by atoms with Crippen LogP contribution in [-0.4, -0.2) is 29.8 Å². The number of carbonyl (C=O) groups is 3. The fraction of sp³-hybridized carbons (Fsp3) is 0.208. The highest BCUT2D eigenvalue weighted by Crippen LogP contribution is 2.43. The molecule has 0 unspecified atom stereocenters. The zero-order valence-corrected chi connectivity index (χ0v) is 18.8. The van der Waals surface area contributed by atoms with E-state index in [1.165, 1.54) is 31.2 Å². The first-order valence-electron chi connectivity index (χ1n) is 10.4. The number of para-hydroxylation sites is 1. The summed E-state index contributed by atoms with van der Waals surface area (Å²) >= 11 is 1.40. The van der Waals surface area contributed by atoms with Crippen LogP contribution in [0.2, 0.25) is 0 Å². The Morgan fingerprint density at radius 1 is 1.15 bits per heavy atom. The number of benzene rings is 2. The van der Waals surface area contributed by atoms with Gasteiger partial charge in [-0.2, -0.15) is 0 Å². The number of fused-ring (bicyclic) bond motifs is 1. The van der Waals surface area contributed by atoms with Crippen molar-refractivity contribution in [2.45, 2.75) is 35.6 Å². The van der Waals surface area contributed by atoms with Gasteiger partial charge in [-0.25, -0.2) is 8.78 Å². The minimum absolute atomic E-state index is 0.139. The summed E-state index contributed by atoms with van der Waals surface area (Å²) in [6.07, 6.45) is 2.70. The van der Waals surface area contributed by atoms with Gasteiger partial charge in [-0.3, -0.25) is 14.4 Å². The monoisotopic (exact) mass is 485 g/mol. The van der Waals surface area contributed by atoms with Crippen molar-refractivity contribution in [1.82, 2.24) is 10.6 Å². The maximum atomic E-state index is 13.4. The maximum absolute atomic E-state index is 13.4. The fourth-order valence-corrected chi connectivity index (χ4v) is 4.87. The summed E-state index contributed by atoms with van der Waals surface area (Å²) in [6.45, 7) is 1.46. The van der Waals surface area contributed by atoms with Crippen LogP contribution in [0.25, 0.3) is 0 Å². The number of nitrogens with one attached hydrogen (secondary N) is 3. The van der Waals surface area contributed by atoms with Gasteiger partial charge < -0.3 is 20.4 Å². The van der Waals surface area contributed by atoms with Gasteiger partial charge in [-0.05, 0) is 42.8 Å². The van der Waals surface area contributed by atoms with Crippen LogP contribution in [0.4, 0.5) is 14.5 Å². The molecule has 2 aromatic carbocycles. The summed E-state index contributed by atoms with van der Waals surface area (Å²) in [5.74, 6) is -3.18. The molecule has 0 bridgehead atoms. The molecule has 4 rings (SSSR count). The molecule has 0 saturated carbocycles. The van der Waals surface area contributed by atoms with Crippen molar-refractivity contribution in [2.24, 2.45) is 0 Å². The molecule has 34 heavy (non-hydrogen) atoms. The predicted molar refractivity (Wildman–Crippen MR) is 122 cm³/mol. The van der Waals surface area contributed by atoms with E-state index in [1.54, 1.807) is 18.2 Å². The van der Waals surface area contributed by atoms with Gasteiger partial charge in [0.2, 0.25) is 17.7 Å². The number of anilines is 1. The molecule has 176 valence electrons. The van der Waals surface area contributed by atoms with E-state index < -0.39 is 46.7 Å². The number of thioether (sulfide) groups is 1. The molecule has 1 aliphatic rings. The van der Waals surface area contributed by atoms with Gasteiger partial charge in [0.25, 0.3) is 0 Å². The quantitative estimate of drug-likeness (QED) is 0.496. The van der Waals surface area contributed by atoms with Gasteiger partial charge in [0, 0.05) is 16.5 Å². The SMILES string of the molecule is C[C@H](NC(=O)Cc1cc(F)cc(F)c1)C(=O)N[C@@H]1C(=O)Nc2ccccc2S[C@H]1c1ccoc1. The average Bonchev–Trinajstić information content (AvgIpc) is 3.26. The van der Waals surface area contributed by atoms with Crippen LogP contribution in [0.1, 0.15) is 23.3 Å². The van der Waals surface area contributed by atoms with E-state index in [0.717, 1.165) is 17.0 Å². The molecular formula is C24H21F2N3O4S. The van der Waals surface area contributed by atoms with Crippen LogP contribution >= 0.6 is 11.8 Å². The molecule has 3 amide bonds. The van der Waals surface area contributed by atoms with E-state index in [-0.39, 0.29) is 12.0 Å². The van der Waals surface area contributed by atoms with Crippen LogP contribution in [0.5, 0.6) is 0 Å². The van der Waals surface area contributed by atoms with Gasteiger partial charge >= 0.3 is 0 Å². The average molecular weight is 486 g/mol. The summed E-state index contributed by atoms with van der Waals surface area (Å²) in [5.41, 5.74) is 1.48. The van der Waals surface area contributed by atoms with Gasteiger partial charge in [-0.1, -0.05) is 12.1 Å². The van der Waals surface area contributed by atoms with E-state index in [1.807, 2.05) is 12.1 Å². The second-order valence-electron chi connectivity index (χ2n) is 7.81. The molecule has 3 atom stereocenters. The Hall–Kier alpha value is -3.66. The van der Waals surface area contributed by atoms with Crippen LogP contribution in [0.3, 0.4) is 0 Å². The fourth-order valence-electron chi connectivity index (χ4n) is 3.60. The summed E-state index contributed by atoms with van der Waals surface area (Å²) in [7, 11) is 0. The molecule has 0 saturated heterocycles. The first-order valence-corrected chi connectivity index (χ1v) is 11.3. The second kappa shape index (κ2) is 10.1. The Kier molecular flexibility index (Phi) is 6.97. The van der Waals surface area contributed by atoms with Crippen molar-refractivity contribution in [3.63, 3.8) is 0 Å². The Bertz CT molecular complexity index is 1200. The van der Waals surface area contributed by atoms with E-state index in [4.69, 9.17) is 4.42 Å².